The van der Waals surface area contributed by atoms with Crippen molar-refractivity contribution in [3.63, 3.8) is 0 Å². The summed E-state index contributed by atoms with van der Waals surface area (Å²) in [4.78, 5) is 58.6. The zero-order valence-corrected chi connectivity index (χ0v) is 27.6. The van der Waals surface area contributed by atoms with Crippen LogP contribution in [-0.4, -0.2) is 34.6 Å². The van der Waals surface area contributed by atoms with Crippen molar-refractivity contribution in [2.24, 2.45) is 29.6 Å². The van der Waals surface area contributed by atoms with E-state index in [0.29, 0.717) is 17.1 Å². The molecule has 0 spiro atoms. The molecule has 234 valence electrons. The smallest absolute Gasteiger partial charge is 0.305 e. The van der Waals surface area contributed by atoms with Gasteiger partial charge in [0.05, 0.1) is 22.5 Å². The summed E-state index contributed by atoms with van der Waals surface area (Å²) in [5.41, 5.74) is 2.92. The van der Waals surface area contributed by atoms with Crippen LogP contribution in [0.5, 0.6) is 5.75 Å². The molecule has 7 atom stereocenters. The lowest BCUT2D eigenvalue weighted by Gasteiger charge is -2.43. The van der Waals surface area contributed by atoms with E-state index in [0.717, 1.165) is 43.3 Å². The number of nitrogens with zero attached hydrogens (tertiary/aromatic N) is 1. The molecular formula is C34H27BrFN3O5S2. The van der Waals surface area contributed by atoms with Crippen molar-refractivity contribution in [1.82, 2.24) is 4.98 Å². The van der Waals surface area contributed by atoms with E-state index in [1.807, 2.05) is 43.3 Å². The molecule has 1 saturated heterocycles. The van der Waals surface area contributed by atoms with E-state index in [-0.39, 0.29) is 52.2 Å². The third-order valence-electron chi connectivity index (χ3n) is 9.81. The number of ether oxygens (including phenoxy) is 1. The minimum atomic E-state index is -0.432. The van der Waals surface area contributed by atoms with Gasteiger partial charge in [0.1, 0.15) is 11.6 Å². The number of carbonyl (C=O) groups excluding carboxylic acids is 3. The SMILES string of the molecule is Cc1ccc(N2C(=O)C3C4CC(C3C2=O)C2C4Sc3[nH]c(=O)sc3[C@@H]2c2cc(Br)ccc2OCC(=O)Nc2ccc(F)cc2)cc1. The van der Waals surface area contributed by atoms with Crippen molar-refractivity contribution < 1.29 is 23.5 Å². The zero-order chi connectivity index (χ0) is 31.9. The Morgan fingerprint density at radius 3 is 2.48 bits per heavy atom. The molecule has 3 aromatic carbocycles. The van der Waals surface area contributed by atoms with Gasteiger partial charge in [-0.1, -0.05) is 45.0 Å². The highest BCUT2D eigenvalue weighted by Gasteiger charge is 2.69. The first-order valence-corrected chi connectivity index (χ1v) is 17.5. The first-order valence-electron chi connectivity index (χ1n) is 15.0. The van der Waals surface area contributed by atoms with Crippen LogP contribution in [0, 0.1) is 42.3 Å². The molecule has 8 rings (SSSR count). The summed E-state index contributed by atoms with van der Waals surface area (Å²) in [5.74, 6) is -1.82. The Morgan fingerprint density at radius 2 is 1.74 bits per heavy atom. The van der Waals surface area contributed by atoms with Crippen LogP contribution in [-0.2, 0) is 14.4 Å². The number of fused-ring (bicyclic) bond motifs is 9. The summed E-state index contributed by atoms with van der Waals surface area (Å²) in [6.45, 7) is 1.68. The molecule has 4 aliphatic rings. The number of aromatic nitrogens is 1. The number of anilines is 2. The number of hydrogen-bond acceptors (Lipinski definition) is 7. The maximum Gasteiger partial charge on any atom is 0.305 e. The summed E-state index contributed by atoms with van der Waals surface area (Å²) in [5, 5.41) is 3.52. The highest BCUT2D eigenvalue weighted by atomic mass is 79.9. The molecule has 4 aromatic rings. The van der Waals surface area contributed by atoms with Gasteiger partial charge in [-0.3, -0.25) is 24.1 Å². The second kappa shape index (κ2) is 11.2. The van der Waals surface area contributed by atoms with Crippen molar-refractivity contribution in [1.29, 1.82) is 0 Å². The lowest BCUT2D eigenvalue weighted by molar-refractivity contribution is -0.123. The maximum absolute atomic E-state index is 14.1. The van der Waals surface area contributed by atoms with Gasteiger partial charge >= 0.3 is 4.87 Å². The Kier molecular flexibility index (Phi) is 7.22. The van der Waals surface area contributed by atoms with Gasteiger partial charge in [0, 0.05) is 31.8 Å². The van der Waals surface area contributed by atoms with Gasteiger partial charge in [-0.2, -0.15) is 0 Å². The van der Waals surface area contributed by atoms with Crippen LogP contribution in [0.15, 0.2) is 81.0 Å². The first-order chi connectivity index (χ1) is 22.2. The normalized spacial score (nSPS) is 27.4. The Hall–Kier alpha value is -3.74. The molecule has 3 heterocycles. The average Bonchev–Trinajstić information content (AvgIpc) is 3.77. The topological polar surface area (TPSA) is 109 Å². The largest absolute Gasteiger partial charge is 0.483 e. The number of nitrogens with one attached hydrogen (secondary N) is 2. The van der Waals surface area contributed by atoms with E-state index >= 15 is 0 Å². The highest BCUT2D eigenvalue weighted by molar-refractivity contribution is 9.10. The monoisotopic (exact) mass is 719 g/mol. The number of H-pyrrole nitrogens is 1. The number of carbonyl (C=O) groups is 3. The van der Waals surface area contributed by atoms with Crippen molar-refractivity contribution in [3.05, 3.63) is 103 Å². The molecule has 3 fully saturated rings. The van der Waals surface area contributed by atoms with Crippen LogP contribution in [0.2, 0.25) is 0 Å². The fourth-order valence-electron chi connectivity index (χ4n) is 8.08. The van der Waals surface area contributed by atoms with E-state index in [9.17, 15) is 23.6 Å². The zero-order valence-electron chi connectivity index (χ0n) is 24.4. The Labute approximate surface area is 279 Å². The van der Waals surface area contributed by atoms with E-state index in [2.05, 4.69) is 26.2 Å². The van der Waals surface area contributed by atoms with Crippen LogP contribution in [0.1, 0.15) is 28.3 Å². The number of hydrogen-bond donors (Lipinski definition) is 2. The quantitative estimate of drug-likeness (QED) is 0.225. The van der Waals surface area contributed by atoms with Gasteiger partial charge in [0.25, 0.3) is 5.91 Å². The van der Waals surface area contributed by atoms with E-state index < -0.39 is 23.6 Å². The molecule has 6 unspecified atom stereocenters. The Bertz CT molecular complexity index is 1960. The van der Waals surface area contributed by atoms with E-state index in [1.54, 1.807) is 17.8 Å². The molecule has 3 amide bonds. The minimum Gasteiger partial charge on any atom is -0.483 e. The molecule has 2 aliphatic heterocycles. The molecule has 46 heavy (non-hydrogen) atoms. The molecule has 2 N–H and O–H groups in total. The minimum absolute atomic E-state index is 0.0114. The molecule has 2 aliphatic carbocycles. The molecule has 0 radical (unpaired) electrons. The van der Waals surface area contributed by atoms with Crippen LogP contribution in [0.4, 0.5) is 15.8 Å². The standard InChI is InChI=1S/C34H27BrFN3O5S2/c1-15-2-9-19(10-3-15)39-32(41)27-21-13-22(28(27)33(39)42)29-26(21)25(30-31(45-29)38-34(43)46-30)20-12-16(35)4-11-23(20)44-14-24(40)37-18-7-5-17(36)6-8-18/h2-12,21-22,25-29H,13-14H2,1H3,(H,37,40)(H,38,43)/t21?,22?,25-,26?,27?,28?,29?/m1/s1. The number of aryl methyl sites for hydroxylation is 1. The summed E-state index contributed by atoms with van der Waals surface area (Å²) in [6.07, 6.45) is 0.761. The molecule has 2 saturated carbocycles. The van der Waals surface area contributed by atoms with Crippen LogP contribution in [0.25, 0.3) is 0 Å². The van der Waals surface area contributed by atoms with Gasteiger partial charge in [-0.05, 0) is 85.7 Å². The number of benzene rings is 3. The number of aromatic amines is 1. The third-order valence-corrected chi connectivity index (χ3v) is 12.9. The van der Waals surface area contributed by atoms with E-state index in [4.69, 9.17) is 4.74 Å². The number of imide groups is 1. The molecule has 1 aromatic heterocycles. The summed E-state index contributed by atoms with van der Waals surface area (Å²) < 4.78 is 20.3. The fraction of sp³-hybridized carbons (Fsp3) is 0.294. The predicted octanol–water partition coefficient (Wildman–Crippen LogP) is 6.34. The highest BCUT2D eigenvalue weighted by Crippen LogP contribution is 2.69. The van der Waals surface area contributed by atoms with E-state index in [1.165, 1.54) is 29.2 Å². The van der Waals surface area contributed by atoms with Crippen LogP contribution < -0.4 is 19.8 Å². The van der Waals surface area contributed by atoms with Gasteiger partial charge in [-0.15, -0.1) is 11.8 Å². The summed E-state index contributed by atoms with van der Waals surface area (Å²) >= 11 is 6.39. The number of thioether (sulfide) groups is 1. The van der Waals surface area contributed by atoms with Gasteiger partial charge < -0.3 is 15.0 Å². The predicted molar refractivity (Wildman–Crippen MR) is 177 cm³/mol. The van der Waals surface area contributed by atoms with Gasteiger partial charge in [0.15, 0.2) is 6.61 Å². The van der Waals surface area contributed by atoms with Gasteiger partial charge in [0.2, 0.25) is 11.8 Å². The van der Waals surface area contributed by atoms with Crippen LogP contribution in [0.3, 0.4) is 0 Å². The second-order valence-corrected chi connectivity index (χ2v) is 15.5. The van der Waals surface area contributed by atoms with Crippen molar-refractivity contribution in [2.45, 2.75) is 29.5 Å². The number of thiazole rings is 1. The Balaban J connectivity index is 1.14. The summed E-state index contributed by atoms with van der Waals surface area (Å²) in [6, 6.07) is 18.6. The number of amides is 3. The maximum atomic E-state index is 14.1. The second-order valence-electron chi connectivity index (χ2n) is 12.3. The molecule has 8 nitrogen and oxygen atoms in total. The third kappa shape index (κ3) is 4.75. The van der Waals surface area contributed by atoms with Crippen molar-refractivity contribution >= 4 is 68.1 Å². The van der Waals surface area contributed by atoms with Crippen molar-refractivity contribution in [3.8, 4) is 5.75 Å². The van der Waals surface area contributed by atoms with Crippen LogP contribution >= 0.6 is 39.0 Å². The Morgan fingerprint density at radius 1 is 1.02 bits per heavy atom. The average molecular weight is 721 g/mol. The first kappa shape index (κ1) is 29.6. The number of rotatable bonds is 6. The lowest BCUT2D eigenvalue weighted by atomic mass is 9.68. The number of halogens is 2. The lowest BCUT2D eigenvalue weighted by Crippen LogP contribution is -2.42. The molecule has 2 bridgehead atoms. The van der Waals surface area contributed by atoms with Gasteiger partial charge in [-0.25, -0.2) is 4.39 Å². The molecule has 12 heteroatoms. The fourth-order valence-corrected chi connectivity index (χ4v) is 11.3. The summed E-state index contributed by atoms with van der Waals surface area (Å²) in [7, 11) is 0. The van der Waals surface area contributed by atoms with Crippen molar-refractivity contribution in [2.75, 3.05) is 16.8 Å². The molecular weight excluding hydrogens is 693 g/mol.